The topological polar surface area (TPSA) is 79.4 Å². The first-order valence-electron chi connectivity index (χ1n) is 8.06. The SMILES string of the molecule is CS(=O)(=O)N(CCNC(=O)Cc1cccs1)c1cccc2cccnc12. The molecule has 0 radical (unpaired) electrons. The molecule has 26 heavy (non-hydrogen) atoms. The van der Waals surface area contributed by atoms with Gasteiger partial charge in [0, 0.05) is 23.0 Å². The van der Waals surface area contributed by atoms with Crippen molar-refractivity contribution in [3.63, 3.8) is 0 Å². The highest BCUT2D eigenvalue weighted by Crippen LogP contribution is 2.26. The van der Waals surface area contributed by atoms with E-state index in [9.17, 15) is 13.2 Å². The number of para-hydroxylation sites is 1. The summed E-state index contributed by atoms with van der Waals surface area (Å²) in [5.74, 6) is -0.128. The van der Waals surface area contributed by atoms with Crippen molar-refractivity contribution in [3.05, 3.63) is 58.9 Å². The Hall–Kier alpha value is -2.45. The molecule has 1 amide bonds. The number of hydrogen-bond donors (Lipinski definition) is 1. The molecule has 2 heterocycles. The van der Waals surface area contributed by atoms with Crippen LogP contribution in [0, 0.1) is 0 Å². The summed E-state index contributed by atoms with van der Waals surface area (Å²) in [6.45, 7) is 0.366. The minimum Gasteiger partial charge on any atom is -0.354 e. The van der Waals surface area contributed by atoms with E-state index >= 15 is 0 Å². The van der Waals surface area contributed by atoms with E-state index in [4.69, 9.17) is 0 Å². The molecule has 0 unspecified atom stereocenters. The van der Waals surface area contributed by atoms with E-state index < -0.39 is 10.0 Å². The molecular weight excluding hydrogens is 370 g/mol. The van der Waals surface area contributed by atoms with Gasteiger partial charge in [0.25, 0.3) is 0 Å². The first-order valence-corrected chi connectivity index (χ1v) is 10.8. The molecular formula is C18H19N3O3S2. The van der Waals surface area contributed by atoms with Crippen LogP contribution in [0.3, 0.4) is 0 Å². The second kappa shape index (κ2) is 7.84. The average molecular weight is 390 g/mol. The molecule has 0 fully saturated rings. The van der Waals surface area contributed by atoms with Crippen molar-refractivity contribution in [2.24, 2.45) is 0 Å². The quantitative estimate of drug-likeness (QED) is 0.673. The number of nitrogens with one attached hydrogen (secondary N) is 1. The lowest BCUT2D eigenvalue weighted by atomic mass is 10.2. The summed E-state index contributed by atoms with van der Waals surface area (Å²) in [6, 6.07) is 12.9. The van der Waals surface area contributed by atoms with Gasteiger partial charge < -0.3 is 5.32 Å². The molecule has 136 valence electrons. The highest BCUT2D eigenvalue weighted by atomic mass is 32.2. The van der Waals surface area contributed by atoms with Crippen molar-refractivity contribution >= 4 is 43.9 Å². The van der Waals surface area contributed by atoms with Crippen LogP contribution >= 0.6 is 11.3 Å². The Balaban J connectivity index is 1.74. The minimum absolute atomic E-state index is 0.128. The number of aromatic nitrogens is 1. The summed E-state index contributed by atoms with van der Waals surface area (Å²) in [4.78, 5) is 17.3. The van der Waals surface area contributed by atoms with Crippen molar-refractivity contribution in [1.29, 1.82) is 0 Å². The van der Waals surface area contributed by atoms with E-state index in [1.165, 1.54) is 15.6 Å². The predicted octanol–water partition coefficient (Wildman–Crippen LogP) is 2.42. The van der Waals surface area contributed by atoms with Crippen LogP contribution in [0.5, 0.6) is 0 Å². The maximum Gasteiger partial charge on any atom is 0.232 e. The average Bonchev–Trinajstić information content (AvgIpc) is 3.10. The Bertz CT molecular complexity index is 996. The van der Waals surface area contributed by atoms with Gasteiger partial charge >= 0.3 is 0 Å². The van der Waals surface area contributed by atoms with Crippen molar-refractivity contribution in [2.45, 2.75) is 6.42 Å². The lowest BCUT2D eigenvalue weighted by molar-refractivity contribution is -0.120. The molecule has 0 bridgehead atoms. The van der Waals surface area contributed by atoms with Gasteiger partial charge in [0.1, 0.15) is 0 Å². The number of fused-ring (bicyclic) bond motifs is 1. The zero-order valence-electron chi connectivity index (χ0n) is 14.3. The van der Waals surface area contributed by atoms with Crippen molar-refractivity contribution < 1.29 is 13.2 Å². The first kappa shape index (κ1) is 18.3. The largest absolute Gasteiger partial charge is 0.354 e. The van der Waals surface area contributed by atoms with Crippen LogP contribution in [-0.4, -0.2) is 38.7 Å². The summed E-state index contributed by atoms with van der Waals surface area (Å²) < 4.78 is 25.9. The number of hydrogen-bond acceptors (Lipinski definition) is 5. The predicted molar refractivity (Wildman–Crippen MR) is 105 cm³/mol. The summed E-state index contributed by atoms with van der Waals surface area (Å²) in [7, 11) is -3.51. The van der Waals surface area contributed by atoms with Crippen LogP contribution < -0.4 is 9.62 Å². The van der Waals surface area contributed by atoms with Gasteiger partial charge in [-0.25, -0.2) is 8.42 Å². The summed E-state index contributed by atoms with van der Waals surface area (Å²) in [6.07, 6.45) is 3.09. The van der Waals surface area contributed by atoms with Gasteiger partial charge in [-0.15, -0.1) is 11.3 Å². The molecule has 3 rings (SSSR count). The molecule has 0 aliphatic rings. The minimum atomic E-state index is -3.51. The van der Waals surface area contributed by atoms with E-state index in [-0.39, 0.29) is 19.0 Å². The molecule has 0 atom stereocenters. The molecule has 8 heteroatoms. The molecule has 0 saturated heterocycles. The van der Waals surface area contributed by atoms with Crippen LogP contribution in [0.15, 0.2) is 54.0 Å². The van der Waals surface area contributed by atoms with Gasteiger partial charge in [-0.2, -0.15) is 0 Å². The van der Waals surface area contributed by atoms with E-state index in [0.29, 0.717) is 17.6 Å². The molecule has 0 aliphatic carbocycles. The number of carbonyl (C=O) groups is 1. The summed E-state index contributed by atoms with van der Waals surface area (Å²) in [5, 5.41) is 5.56. The Morgan fingerprint density at radius 1 is 1.19 bits per heavy atom. The lowest BCUT2D eigenvalue weighted by Crippen LogP contribution is -2.38. The number of benzene rings is 1. The van der Waals surface area contributed by atoms with Crippen LogP contribution in [0.2, 0.25) is 0 Å². The molecule has 6 nitrogen and oxygen atoms in total. The fourth-order valence-corrected chi connectivity index (χ4v) is 4.32. The fourth-order valence-electron chi connectivity index (χ4n) is 2.69. The van der Waals surface area contributed by atoms with Crippen LogP contribution in [-0.2, 0) is 21.2 Å². The zero-order valence-corrected chi connectivity index (χ0v) is 15.9. The van der Waals surface area contributed by atoms with E-state index in [1.807, 2.05) is 35.7 Å². The normalized spacial score (nSPS) is 11.4. The Kier molecular flexibility index (Phi) is 5.53. The number of carbonyl (C=O) groups excluding carboxylic acids is 1. The third-order valence-corrected chi connectivity index (χ3v) is 5.89. The van der Waals surface area contributed by atoms with E-state index in [2.05, 4.69) is 10.3 Å². The Morgan fingerprint density at radius 2 is 2.00 bits per heavy atom. The second-order valence-electron chi connectivity index (χ2n) is 5.79. The monoisotopic (exact) mass is 389 g/mol. The highest BCUT2D eigenvalue weighted by Gasteiger charge is 2.20. The first-order chi connectivity index (χ1) is 12.4. The molecule has 1 aromatic carbocycles. The Labute approximate surface area is 156 Å². The number of nitrogens with zero attached hydrogens (tertiary/aromatic N) is 2. The standard InChI is InChI=1S/C18H19N3O3S2/c1-26(23,24)21(11-10-19-17(22)13-15-7-4-12-25-15)16-8-2-5-14-6-3-9-20-18(14)16/h2-9,12H,10-11,13H2,1H3,(H,19,22). The third kappa shape index (κ3) is 4.39. The van der Waals surface area contributed by atoms with Gasteiger partial charge in [0.05, 0.1) is 30.4 Å². The van der Waals surface area contributed by atoms with Gasteiger partial charge in [0.15, 0.2) is 0 Å². The molecule has 0 aliphatic heterocycles. The number of thiophene rings is 1. The zero-order chi connectivity index (χ0) is 18.6. The van der Waals surface area contributed by atoms with Gasteiger partial charge in [-0.05, 0) is 23.6 Å². The molecule has 3 aromatic rings. The third-order valence-electron chi connectivity index (χ3n) is 3.83. The number of sulfonamides is 1. The number of pyridine rings is 1. The second-order valence-corrected chi connectivity index (χ2v) is 8.73. The summed E-state index contributed by atoms with van der Waals surface area (Å²) in [5.41, 5.74) is 1.13. The van der Waals surface area contributed by atoms with Crippen molar-refractivity contribution in [1.82, 2.24) is 10.3 Å². The number of amides is 1. The molecule has 1 N–H and O–H groups in total. The Morgan fingerprint density at radius 3 is 2.73 bits per heavy atom. The smallest absolute Gasteiger partial charge is 0.232 e. The maximum absolute atomic E-state index is 12.3. The molecule has 2 aromatic heterocycles. The van der Waals surface area contributed by atoms with Crippen LogP contribution in [0.4, 0.5) is 5.69 Å². The van der Waals surface area contributed by atoms with Gasteiger partial charge in [-0.1, -0.05) is 24.3 Å². The maximum atomic E-state index is 12.3. The van der Waals surface area contributed by atoms with Crippen molar-refractivity contribution in [3.8, 4) is 0 Å². The van der Waals surface area contributed by atoms with Crippen LogP contribution in [0.1, 0.15) is 4.88 Å². The molecule has 0 spiro atoms. The summed E-state index contributed by atoms with van der Waals surface area (Å²) >= 11 is 1.52. The van der Waals surface area contributed by atoms with E-state index in [0.717, 1.165) is 16.5 Å². The van der Waals surface area contributed by atoms with Gasteiger partial charge in [-0.3, -0.25) is 14.1 Å². The highest BCUT2D eigenvalue weighted by molar-refractivity contribution is 7.92. The number of rotatable bonds is 7. The number of anilines is 1. The van der Waals surface area contributed by atoms with Crippen molar-refractivity contribution in [2.75, 3.05) is 23.7 Å². The van der Waals surface area contributed by atoms with Gasteiger partial charge in [0.2, 0.25) is 15.9 Å². The lowest BCUT2D eigenvalue weighted by Gasteiger charge is -2.23. The van der Waals surface area contributed by atoms with Crippen LogP contribution in [0.25, 0.3) is 10.9 Å². The van der Waals surface area contributed by atoms with E-state index in [1.54, 1.807) is 18.3 Å². The molecule has 0 saturated carbocycles. The fraction of sp³-hybridized carbons (Fsp3) is 0.222.